The van der Waals surface area contributed by atoms with Crippen LogP contribution in [0.1, 0.15) is 34.3 Å². The van der Waals surface area contributed by atoms with E-state index in [1.165, 1.54) is 7.11 Å². The van der Waals surface area contributed by atoms with E-state index in [4.69, 9.17) is 21.7 Å². The van der Waals surface area contributed by atoms with E-state index < -0.39 is 5.97 Å². The third-order valence-corrected chi connectivity index (χ3v) is 6.11. The van der Waals surface area contributed by atoms with Crippen LogP contribution in [-0.4, -0.2) is 47.3 Å². The number of methoxy groups -OCH3 is 1. The van der Waals surface area contributed by atoms with Crippen molar-refractivity contribution in [3.05, 3.63) is 75.6 Å². The number of nitrogens with zero attached hydrogens (tertiary/aromatic N) is 1. The summed E-state index contributed by atoms with van der Waals surface area (Å²) in [6.07, 6.45) is 1.97. The van der Waals surface area contributed by atoms with Crippen molar-refractivity contribution in [3.8, 4) is 0 Å². The van der Waals surface area contributed by atoms with Crippen molar-refractivity contribution in [1.29, 1.82) is 0 Å². The molecule has 1 fully saturated rings. The summed E-state index contributed by atoms with van der Waals surface area (Å²) < 4.78 is 10.7. The van der Waals surface area contributed by atoms with Crippen molar-refractivity contribution in [2.75, 3.05) is 25.6 Å². The minimum atomic E-state index is -0.451. The van der Waals surface area contributed by atoms with Gasteiger partial charge in [0.15, 0.2) is 5.11 Å². The number of fused-ring (bicyclic) bond motifs is 1. The second-order valence-electron chi connectivity index (χ2n) is 8.20. The highest BCUT2D eigenvalue weighted by Crippen LogP contribution is 2.20. The Morgan fingerprint density at radius 3 is 2.85 bits per heavy atom. The lowest BCUT2D eigenvalue weighted by Crippen LogP contribution is -2.40. The first-order chi connectivity index (χ1) is 15.9. The quantitative estimate of drug-likeness (QED) is 0.420. The Hall–Kier alpha value is -3.23. The van der Waals surface area contributed by atoms with E-state index in [0.717, 1.165) is 35.9 Å². The predicted octanol–water partition coefficient (Wildman–Crippen LogP) is 4.00. The number of benzene rings is 2. The zero-order valence-electron chi connectivity index (χ0n) is 18.7. The first-order valence-corrected chi connectivity index (χ1v) is 11.3. The molecule has 1 saturated heterocycles. The van der Waals surface area contributed by atoms with Gasteiger partial charge in [0.25, 0.3) is 5.56 Å². The summed E-state index contributed by atoms with van der Waals surface area (Å²) in [5.41, 5.74) is 3.29. The van der Waals surface area contributed by atoms with Gasteiger partial charge in [0.1, 0.15) is 0 Å². The van der Waals surface area contributed by atoms with Crippen LogP contribution >= 0.6 is 12.2 Å². The summed E-state index contributed by atoms with van der Waals surface area (Å²) in [5, 5.41) is 4.54. The number of esters is 1. The molecule has 0 radical (unpaired) electrons. The highest BCUT2D eigenvalue weighted by molar-refractivity contribution is 7.80. The normalized spacial score (nSPS) is 15.4. The van der Waals surface area contributed by atoms with Crippen LogP contribution in [0, 0.1) is 6.92 Å². The molecule has 2 heterocycles. The zero-order valence-corrected chi connectivity index (χ0v) is 19.5. The van der Waals surface area contributed by atoms with Gasteiger partial charge in [0.2, 0.25) is 0 Å². The average molecular weight is 466 g/mol. The van der Waals surface area contributed by atoms with Crippen LogP contribution in [0.2, 0.25) is 0 Å². The highest BCUT2D eigenvalue weighted by atomic mass is 32.1. The number of anilines is 1. The molecule has 8 heteroatoms. The Bertz CT molecular complexity index is 1230. The molecule has 2 aromatic carbocycles. The van der Waals surface area contributed by atoms with Crippen molar-refractivity contribution in [2.45, 2.75) is 32.4 Å². The standard InChI is InChI=1S/C25H27N3O4S/c1-16-9-10-17-13-18(23(29)26-22(17)12-16)14-28(15-19-6-5-11-32-19)25(33)27-21-8-4-3-7-20(21)24(30)31-2/h3-4,7-10,12-13,19H,5-6,11,14-15H2,1-2H3,(H,26,29)(H,27,33). The molecule has 7 nitrogen and oxygen atoms in total. The van der Waals surface area contributed by atoms with Crippen LogP contribution in [0.3, 0.4) is 0 Å². The minimum absolute atomic E-state index is 0.0304. The number of rotatable bonds is 6. The van der Waals surface area contributed by atoms with Gasteiger partial charge in [-0.15, -0.1) is 0 Å². The Balaban J connectivity index is 1.62. The lowest BCUT2D eigenvalue weighted by Gasteiger charge is -2.28. The monoisotopic (exact) mass is 465 g/mol. The topological polar surface area (TPSA) is 83.7 Å². The molecule has 1 aromatic heterocycles. The van der Waals surface area contributed by atoms with Crippen molar-refractivity contribution in [2.24, 2.45) is 0 Å². The SMILES string of the molecule is COC(=O)c1ccccc1NC(=S)N(Cc1cc2ccc(C)cc2[nH]c1=O)CC1CCCO1. The number of aromatic nitrogens is 1. The lowest BCUT2D eigenvalue weighted by molar-refractivity contribution is 0.0602. The second-order valence-corrected chi connectivity index (χ2v) is 8.58. The van der Waals surface area contributed by atoms with Gasteiger partial charge < -0.3 is 24.7 Å². The van der Waals surface area contributed by atoms with E-state index in [1.807, 2.05) is 42.2 Å². The van der Waals surface area contributed by atoms with Gasteiger partial charge in [-0.2, -0.15) is 0 Å². The van der Waals surface area contributed by atoms with E-state index in [9.17, 15) is 9.59 Å². The number of thiocarbonyl (C=S) groups is 1. The van der Waals surface area contributed by atoms with Crippen LogP contribution in [0.5, 0.6) is 0 Å². The molecule has 4 rings (SSSR count). The van der Waals surface area contributed by atoms with E-state index >= 15 is 0 Å². The molecule has 172 valence electrons. The number of carbonyl (C=O) groups is 1. The van der Waals surface area contributed by atoms with Crippen LogP contribution in [0.15, 0.2) is 53.3 Å². The number of carbonyl (C=O) groups excluding carboxylic acids is 1. The van der Waals surface area contributed by atoms with Gasteiger partial charge in [0.05, 0.1) is 31.0 Å². The number of aromatic amines is 1. The molecular weight excluding hydrogens is 438 g/mol. The molecule has 1 aliphatic rings. The molecule has 0 aliphatic carbocycles. The van der Waals surface area contributed by atoms with Crippen molar-refractivity contribution >= 4 is 39.9 Å². The molecule has 0 spiro atoms. The summed E-state index contributed by atoms with van der Waals surface area (Å²) in [5.74, 6) is -0.451. The summed E-state index contributed by atoms with van der Waals surface area (Å²) in [6.45, 7) is 3.56. The van der Waals surface area contributed by atoms with Gasteiger partial charge in [-0.05, 0) is 67.2 Å². The Labute approximate surface area is 197 Å². The van der Waals surface area contributed by atoms with Crippen molar-refractivity contribution < 1.29 is 14.3 Å². The smallest absolute Gasteiger partial charge is 0.339 e. The maximum absolute atomic E-state index is 12.8. The molecule has 3 aromatic rings. The molecule has 1 unspecified atom stereocenters. The summed E-state index contributed by atoms with van der Waals surface area (Å²) in [4.78, 5) is 29.9. The number of ether oxygens (including phenoxy) is 2. The highest BCUT2D eigenvalue weighted by Gasteiger charge is 2.23. The van der Waals surface area contributed by atoms with E-state index in [0.29, 0.717) is 35.0 Å². The lowest BCUT2D eigenvalue weighted by atomic mass is 10.1. The average Bonchev–Trinajstić information content (AvgIpc) is 3.32. The van der Waals surface area contributed by atoms with Gasteiger partial charge in [-0.25, -0.2) is 4.79 Å². The minimum Gasteiger partial charge on any atom is -0.465 e. The van der Waals surface area contributed by atoms with Crippen LogP contribution in [0.25, 0.3) is 10.9 Å². The number of hydrogen-bond acceptors (Lipinski definition) is 5. The second kappa shape index (κ2) is 10.1. The first kappa shape index (κ1) is 22.9. The maximum atomic E-state index is 12.8. The number of hydrogen-bond donors (Lipinski definition) is 2. The third-order valence-electron chi connectivity index (χ3n) is 5.75. The Morgan fingerprint density at radius 1 is 1.27 bits per heavy atom. The number of aryl methyl sites for hydroxylation is 1. The van der Waals surface area contributed by atoms with Gasteiger partial charge in [-0.1, -0.05) is 24.3 Å². The summed E-state index contributed by atoms with van der Waals surface area (Å²) in [7, 11) is 1.34. The molecule has 33 heavy (non-hydrogen) atoms. The fourth-order valence-corrected chi connectivity index (χ4v) is 4.26. The van der Waals surface area contributed by atoms with Gasteiger partial charge in [-0.3, -0.25) is 4.79 Å². The number of pyridine rings is 1. The van der Waals surface area contributed by atoms with Gasteiger partial charge in [0, 0.05) is 24.2 Å². The Morgan fingerprint density at radius 2 is 2.09 bits per heavy atom. The molecule has 0 amide bonds. The number of nitrogens with one attached hydrogen (secondary N) is 2. The van der Waals surface area contributed by atoms with Crippen molar-refractivity contribution in [3.63, 3.8) is 0 Å². The maximum Gasteiger partial charge on any atom is 0.339 e. The number of para-hydroxylation sites is 1. The summed E-state index contributed by atoms with van der Waals surface area (Å²) >= 11 is 5.72. The predicted molar refractivity (Wildman–Crippen MR) is 133 cm³/mol. The zero-order chi connectivity index (χ0) is 23.4. The van der Waals surface area contributed by atoms with Crippen LogP contribution in [0.4, 0.5) is 5.69 Å². The largest absolute Gasteiger partial charge is 0.465 e. The third kappa shape index (κ3) is 5.40. The van der Waals surface area contributed by atoms with Crippen LogP contribution < -0.4 is 10.9 Å². The molecule has 0 bridgehead atoms. The summed E-state index contributed by atoms with van der Waals surface area (Å²) in [6, 6.07) is 14.9. The van der Waals surface area contributed by atoms with Gasteiger partial charge >= 0.3 is 5.97 Å². The fourth-order valence-electron chi connectivity index (χ4n) is 4.01. The first-order valence-electron chi connectivity index (χ1n) is 10.9. The van der Waals surface area contributed by atoms with E-state index in [-0.39, 0.29) is 11.7 Å². The molecule has 1 atom stereocenters. The van der Waals surface area contributed by atoms with E-state index in [2.05, 4.69) is 10.3 Å². The fraction of sp³-hybridized carbons (Fsp3) is 0.320. The molecular formula is C25H27N3O4S. The molecule has 2 N–H and O–H groups in total. The van der Waals surface area contributed by atoms with E-state index in [1.54, 1.807) is 18.2 Å². The molecule has 0 saturated carbocycles. The Kier molecular flexibility index (Phi) is 7.05. The van der Waals surface area contributed by atoms with Crippen LogP contribution in [-0.2, 0) is 16.0 Å². The molecule has 1 aliphatic heterocycles. The van der Waals surface area contributed by atoms with Crippen molar-refractivity contribution in [1.82, 2.24) is 9.88 Å². The number of H-pyrrole nitrogens is 1.